The van der Waals surface area contributed by atoms with E-state index in [1.165, 1.54) is 7.11 Å². The number of fused-ring (bicyclic) bond motifs is 1. The number of benzene rings is 1. The van der Waals surface area contributed by atoms with Crippen molar-refractivity contribution in [3.63, 3.8) is 0 Å². The Balaban J connectivity index is 1.45. The number of nitrogens with zero attached hydrogens (tertiary/aromatic N) is 2. The van der Waals surface area contributed by atoms with Gasteiger partial charge in [-0.1, -0.05) is 36.7 Å². The minimum absolute atomic E-state index is 0.0281. The summed E-state index contributed by atoms with van der Waals surface area (Å²) in [5.74, 6) is -3.03. The van der Waals surface area contributed by atoms with Crippen LogP contribution in [-0.2, 0) is 47.4 Å². The first-order valence-corrected chi connectivity index (χ1v) is 25.1. The van der Waals surface area contributed by atoms with Gasteiger partial charge in [-0.05, 0) is 119 Å². The highest BCUT2D eigenvalue weighted by Gasteiger charge is 2.58. The van der Waals surface area contributed by atoms with Gasteiger partial charge in [0.2, 0.25) is 0 Å². The van der Waals surface area contributed by atoms with Gasteiger partial charge in [-0.25, -0.2) is 9.59 Å². The van der Waals surface area contributed by atoms with E-state index in [4.69, 9.17) is 42.6 Å². The zero-order valence-corrected chi connectivity index (χ0v) is 44.5. The molecule has 0 unspecified atom stereocenters. The highest BCUT2D eigenvalue weighted by atomic mass is 79.9. The first-order valence-electron chi connectivity index (χ1n) is 24.3. The first kappa shape index (κ1) is 56.7. The summed E-state index contributed by atoms with van der Waals surface area (Å²) in [7, 11) is 7.15. The van der Waals surface area contributed by atoms with Crippen molar-refractivity contribution < 1.29 is 72.0 Å². The molecule has 0 bridgehead atoms. The van der Waals surface area contributed by atoms with E-state index in [-0.39, 0.29) is 56.3 Å². The number of carbonyl (C=O) groups is 4. The van der Waals surface area contributed by atoms with Crippen LogP contribution in [0.2, 0.25) is 0 Å². The minimum Gasteiger partial charge on any atom is -0.458 e. The number of nitrogens with one attached hydrogen (secondary N) is 2. The van der Waals surface area contributed by atoms with E-state index in [2.05, 4.69) is 26.6 Å². The lowest BCUT2D eigenvalue weighted by Gasteiger charge is -2.49. The molecule has 4 N–H and O–H groups in total. The van der Waals surface area contributed by atoms with E-state index in [9.17, 15) is 29.4 Å². The van der Waals surface area contributed by atoms with Gasteiger partial charge in [-0.2, -0.15) is 0 Å². The molecule has 0 aromatic heterocycles. The molecule has 5 rings (SSSR count). The number of cyclic esters (lactones) is 1. The number of likely N-dealkylation sites (N-methyl/N-ethyl adjacent to an activating group) is 2. The summed E-state index contributed by atoms with van der Waals surface area (Å²) in [6.07, 6.45) is -9.86. The molecule has 4 heterocycles. The molecule has 4 aliphatic heterocycles. The van der Waals surface area contributed by atoms with E-state index in [0.29, 0.717) is 18.5 Å². The minimum atomic E-state index is -1.62. The van der Waals surface area contributed by atoms with Crippen LogP contribution in [0, 0.1) is 17.8 Å². The number of aliphatic hydroxyl groups excluding tert-OH is 1. The summed E-state index contributed by atoms with van der Waals surface area (Å²) in [6, 6.07) is 6.18. The highest BCUT2D eigenvalue weighted by molar-refractivity contribution is 9.10. The molecule has 69 heavy (non-hydrogen) atoms. The average Bonchev–Trinajstić information content (AvgIpc) is 3.59. The second-order valence-electron chi connectivity index (χ2n) is 20.6. The van der Waals surface area contributed by atoms with E-state index in [0.717, 1.165) is 4.47 Å². The van der Waals surface area contributed by atoms with Gasteiger partial charge in [0.15, 0.2) is 30.4 Å². The molecule has 0 aliphatic carbocycles. The van der Waals surface area contributed by atoms with Crippen LogP contribution < -0.4 is 10.6 Å². The molecule has 2 amide bonds. The number of alkyl carbamates (subject to hydrolysis) is 1. The number of esters is 1. The average molecular weight is 1040 g/mol. The Morgan fingerprint density at radius 2 is 1.59 bits per heavy atom. The Labute approximate surface area is 416 Å². The number of hydrogen-bond donors (Lipinski definition) is 4. The maximum absolute atomic E-state index is 14.7. The Morgan fingerprint density at radius 3 is 2.22 bits per heavy atom. The van der Waals surface area contributed by atoms with Crippen molar-refractivity contribution in [3.05, 3.63) is 34.3 Å². The third-order valence-electron chi connectivity index (χ3n) is 14.6. The predicted octanol–water partition coefficient (Wildman–Crippen LogP) is 5.01. The maximum atomic E-state index is 14.7. The molecule has 20 heteroatoms. The summed E-state index contributed by atoms with van der Waals surface area (Å²) < 4.78 is 57.4. The van der Waals surface area contributed by atoms with Crippen molar-refractivity contribution >= 4 is 40.1 Å². The second-order valence-corrected chi connectivity index (χ2v) is 21.6. The van der Waals surface area contributed by atoms with Gasteiger partial charge in [-0.15, -0.1) is 0 Å². The van der Waals surface area contributed by atoms with Crippen LogP contribution in [0.25, 0.3) is 0 Å². The zero-order chi connectivity index (χ0) is 51.3. The third kappa shape index (κ3) is 13.5. The lowest BCUT2D eigenvalue weighted by molar-refractivity contribution is -0.317. The Bertz CT molecular complexity index is 1900. The summed E-state index contributed by atoms with van der Waals surface area (Å²) in [5, 5.41) is 30.0. The first-order chi connectivity index (χ1) is 32.2. The number of hydrogen-bond acceptors (Lipinski definition) is 17. The van der Waals surface area contributed by atoms with Crippen LogP contribution in [0.15, 0.2) is 28.7 Å². The van der Waals surface area contributed by atoms with Crippen LogP contribution in [0.3, 0.4) is 0 Å². The normalized spacial score (nSPS) is 40.6. The van der Waals surface area contributed by atoms with Gasteiger partial charge < -0.3 is 68.4 Å². The van der Waals surface area contributed by atoms with Crippen LogP contribution in [0.1, 0.15) is 105 Å². The molecule has 18 atom stereocenters. The molecule has 0 saturated carbocycles. The van der Waals surface area contributed by atoms with E-state index in [1.807, 2.05) is 65.6 Å². The standard InChI is InChI=1S/C49H79BrN4O15/c1-15-35-49(10)40(68-46(59)69-49)30(6)54(13)25-26(2)23-47(8,60)39(66-44-37(55)34(53(11)12)22-27(3)62-44)28(4)38(29(5)43(57)64-35)65-36-24-48(9,61-14)41(31(7)63-36)67-45(58)52-21-20-51-42(56)32-16-18-33(50)19-17-32/h16-19,26-31,34-41,44,55,60H,15,20-25H2,1-14H3,(H,51,56)(H,52,58)/t26-,27-,28+,29-,30-,31+,34+,35-,36+,37-,38+,39-,40-,41+,44+,47-,48-,49-/m1/s1. The highest BCUT2D eigenvalue weighted by Crippen LogP contribution is 2.42. The number of ether oxygens (including phenoxy) is 9. The number of halogens is 1. The topological polar surface area (TPSA) is 222 Å². The Hall–Kier alpha value is -3.18. The molecule has 4 saturated heterocycles. The molecule has 4 aliphatic rings. The SMILES string of the molecule is CC[C@H]1OC(=O)[C@H](C)[C@@H](O[C@H]2C[C@@](C)(OC)[C@@H](OC(=O)NCCNC(=O)c3ccc(Br)cc3)[C@H](C)O2)[C@H](C)[C@@H](O[C@@H]2O[C@H](C)C[C@H](N(C)C)[C@H]2O)[C@](C)(O)C[C@@H](C)CN(C)[C@H](C)[C@H]2OC(=O)O[C@@]21C. The van der Waals surface area contributed by atoms with Crippen LogP contribution in [0.5, 0.6) is 0 Å². The Morgan fingerprint density at radius 1 is 0.942 bits per heavy atom. The van der Waals surface area contributed by atoms with Gasteiger partial charge in [0.25, 0.3) is 5.91 Å². The van der Waals surface area contributed by atoms with Crippen LogP contribution in [0.4, 0.5) is 9.59 Å². The van der Waals surface area contributed by atoms with Crippen molar-refractivity contribution in [3.8, 4) is 0 Å². The summed E-state index contributed by atoms with van der Waals surface area (Å²) >= 11 is 3.36. The lowest BCUT2D eigenvalue weighted by atomic mass is 9.77. The van der Waals surface area contributed by atoms with Crippen molar-refractivity contribution in [1.29, 1.82) is 0 Å². The third-order valence-corrected chi connectivity index (χ3v) is 15.2. The monoisotopic (exact) mass is 1040 g/mol. The zero-order valence-electron chi connectivity index (χ0n) is 42.9. The van der Waals surface area contributed by atoms with Crippen LogP contribution >= 0.6 is 15.9 Å². The summed E-state index contributed by atoms with van der Waals surface area (Å²) in [6.45, 7) is 18.7. The fraction of sp³-hybridized carbons (Fsp3) is 0.796. The van der Waals surface area contributed by atoms with Crippen molar-refractivity contribution in [2.24, 2.45) is 17.8 Å². The second kappa shape index (κ2) is 23.6. The molecule has 4 fully saturated rings. The summed E-state index contributed by atoms with van der Waals surface area (Å²) in [4.78, 5) is 57.4. The van der Waals surface area contributed by atoms with E-state index >= 15 is 0 Å². The fourth-order valence-corrected chi connectivity index (χ4v) is 11.0. The molecule has 1 aromatic carbocycles. The molecule has 19 nitrogen and oxygen atoms in total. The molecular formula is C49H79BrN4O15. The van der Waals surface area contributed by atoms with Gasteiger partial charge in [0.05, 0.1) is 35.9 Å². The molecule has 0 spiro atoms. The van der Waals surface area contributed by atoms with E-state index < -0.39 is 108 Å². The number of amides is 2. The molecule has 0 radical (unpaired) electrons. The number of aliphatic hydroxyl groups is 2. The van der Waals surface area contributed by atoms with Crippen molar-refractivity contribution in [1.82, 2.24) is 20.4 Å². The predicted molar refractivity (Wildman–Crippen MR) is 256 cm³/mol. The van der Waals surface area contributed by atoms with Gasteiger partial charge in [-0.3, -0.25) is 14.5 Å². The fourth-order valence-electron chi connectivity index (χ4n) is 10.8. The van der Waals surface area contributed by atoms with Gasteiger partial charge in [0.1, 0.15) is 17.8 Å². The van der Waals surface area contributed by atoms with E-state index in [1.54, 1.807) is 58.9 Å². The van der Waals surface area contributed by atoms with Crippen molar-refractivity contribution in [2.45, 2.75) is 185 Å². The largest absolute Gasteiger partial charge is 0.509 e. The molecular weight excluding hydrogens is 964 g/mol. The summed E-state index contributed by atoms with van der Waals surface area (Å²) in [5.41, 5.74) is -3.68. The quantitative estimate of drug-likeness (QED) is 0.123. The maximum Gasteiger partial charge on any atom is 0.509 e. The number of methoxy groups -OCH3 is 1. The van der Waals surface area contributed by atoms with Crippen LogP contribution in [-0.4, -0.2) is 182 Å². The van der Waals surface area contributed by atoms with Gasteiger partial charge in [0, 0.05) is 61.2 Å². The smallest absolute Gasteiger partial charge is 0.458 e. The Kier molecular flexibility index (Phi) is 19.4. The molecule has 1 aromatic rings. The molecule has 392 valence electrons. The lowest BCUT2D eigenvalue weighted by Crippen LogP contribution is -2.61. The van der Waals surface area contributed by atoms with Crippen molar-refractivity contribution in [2.75, 3.05) is 47.9 Å². The number of carbonyl (C=O) groups excluding carboxylic acids is 4. The van der Waals surface area contributed by atoms with Gasteiger partial charge >= 0.3 is 18.2 Å². The number of rotatable bonds is 12.